The lowest BCUT2D eigenvalue weighted by Crippen LogP contribution is -2.78. The molecule has 0 amide bonds. The summed E-state index contributed by atoms with van der Waals surface area (Å²) in [4.78, 5) is 13.3. The topological polar surface area (TPSA) is 115 Å². The molecular formula is C9H19N4O2+. The average Bonchev–Trinajstić information content (AvgIpc) is 2.20. The number of guanidine groups is 1. The summed E-state index contributed by atoms with van der Waals surface area (Å²) >= 11 is 0. The maximum atomic E-state index is 10.4. The summed E-state index contributed by atoms with van der Waals surface area (Å²) in [6.07, 6.45) is 2.77. The van der Waals surface area contributed by atoms with E-state index in [0.717, 1.165) is 0 Å². The molecule has 1 atom stereocenters. The fraction of sp³-hybridized carbons (Fsp3) is 0.556. The molecule has 0 unspecified atom stereocenters. The molecule has 0 aliphatic rings. The fourth-order valence-electron chi connectivity index (χ4n) is 0.913. The number of rotatable bonds is 7. The maximum Gasteiger partial charge on any atom is 0.341 e. The highest BCUT2D eigenvalue weighted by Gasteiger charge is 2.09. The molecule has 0 rings (SSSR count). The molecule has 6 nitrogen and oxygen atoms in total. The van der Waals surface area contributed by atoms with Crippen LogP contribution in [0.3, 0.4) is 0 Å². The average molecular weight is 215 g/mol. The van der Waals surface area contributed by atoms with Gasteiger partial charge in [0.25, 0.3) is 0 Å². The zero-order valence-corrected chi connectivity index (χ0v) is 8.70. The summed E-state index contributed by atoms with van der Waals surface area (Å²) in [5.41, 5.74) is 10.9. The molecule has 0 aromatic heterocycles. The van der Waals surface area contributed by atoms with E-state index in [0.29, 0.717) is 31.9 Å². The van der Waals surface area contributed by atoms with Crippen molar-refractivity contribution < 1.29 is 14.9 Å². The third-order valence-electron chi connectivity index (χ3n) is 1.76. The number of carboxylic acid groups (broad SMARTS) is 1. The lowest BCUT2D eigenvalue weighted by atomic mass is 10.2. The van der Waals surface area contributed by atoms with Crippen molar-refractivity contribution in [3.8, 4) is 0 Å². The number of hydrogen-bond donors (Lipinski definition) is 5. The molecule has 0 bridgehead atoms. The van der Waals surface area contributed by atoms with Gasteiger partial charge in [-0.3, -0.25) is 20.8 Å². The quantitative estimate of drug-likeness (QED) is 0.138. The molecule has 86 valence electrons. The van der Waals surface area contributed by atoms with E-state index in [1.807, 2.05) is 0 Å². The van der Waals surface area contributed by atoms with Gasteiger partial charge < -0.3 is 10.8 Å². The highest BCUT2D eigenvalue weighted by atomic mass is 16.4. The second kappa shape index (κ2) is 7.81. The minimum Gasteiger partial charge on any atom is -0.480 e. The normalized spacial score (nSPS) is 13.3. The molecule has 0 aromatic carbocycles. The van der Waals surface area contributed by atoms with Gasteiger partial charge in [0.05, 0.1) is 13.1 Å². The van der Waals surface area contributed by atoms with Gasteiger partial charge in [0.15, 0.2) is 0 Å². The zero-order chi connectivity index (χ0) is 11.7. The Labute approximate surface area is 89.0 Å². The van der Waals surface area contributed by atoms with E-state index in [9.17, 15) is 4.79 Å². The smallest absolute Gasteiger partial charge is 0.341 e. The van der Waals surface area contributed by atoms with Crippen molar-refractivity contribution in [1.29, 1.82) is 0 Å². The van der Waals surface area contributed by atoms with Crippen LogP contribution in [0, 0.1) is 0 Å². The second-order valence-electron chi connectivity index (χ2n) is 3.10. The summed E-state index contributed by atoms with van der Waals surface area (Å²) in [5.74, 6) is -0.518. The van der Waals surface area contributed by atoms with Crippen molar-refractivity contribution in [3.05, 3.63) is 12.7 Å². The Morgan fingerprint density at radius 2 is 2.33 bits per heavy atom. The van der Waals surface area contributed by atoms with Crippen LogP contribution in [0.15, 0.2) is 12.7 Å². The minimum absolute atomic E-state index is 0.428. The van der Waals surface area contributed by atoms with Crippen LogP contribution < -0.4 is 21.8 Å². The van der Waals surface area contributed by atoms with Crippen LogP contribution in [0.4, 0.5) is 0 Å². The van der Waals surface area contributed by atoms with Crippen LogP contribution in [0.25, 0.3) is 0 Å². The zero-order valence-electron chi connectivity index (χ0n) is 8.70. The third kappa shape index (κ3) is 7.51. The van der Waals surface area contributed by atoms with Crippen LogP contribution in [0.5, 0.6) is 0 Å². The van der Waals surface area contributed by atoms with E-state index in [-0.39, 0.29) is 0 Å². The first-order valence-corrected chi connectivity index (χ1v) is 4.77. The van der Waals surface area contributed by atoms with Gasteiger partial charge in [-0.05, 0) is 12.8 Å². The van der Waals surface area contributed by atoms with Crippen LogP contribution in [-0.2, 0) is 4.79 Å². The number of carboxylic acids is 1. The minimum atomic E-state index is -0.975. The second-order valence-corrected chi connectivity index (χ2v) is 3.10. The summed E-state index contributed by atoms with van der Waals surface area (Å²) in [7, 11) is 0. The number of nitrogens with one attached hydrogen (secondary N) is 2. The Bertz CT molecular complexity index is 240. The standard InChI is InChI=1S/C9H18N4O2/c1-2-5-12-9(11)13-6-3-4-7(10)8(14)15/h2,7H,1,3-6,10H2,(H,14,15)(H3,11,12,13)/p+1/t7-/m0/s1. The molecule has 6 heteroatoms. The Kier molecular flexibility index (Phi) is 7.00. The molecule has 0 heterocycles. The van der Waals surface area contributed by atoms with Gasteiger partial charge in [-0.25, -0.2) is 0 Å². The van der Waals surface area contributed by atoms with Gasteiger partial charge in [0, 0.05) is 0 Å². The van der Waals surface area contributed by atoms with Crippen LogP contribution >= 0.6 is 0 Å². The fourth-order valence-corrected chi connectivity index (χ4v) is 0.913. The molecule has 0 fully saturated rings. The summed E-state index contributed by atoms with van der Waals surface area (Å²) in [6.45, 7) is 4.72. The molecule has 0 aromatic rings. The molecule has 0 saturated carbocycles. The molecule has 0 aliphatic carbocycles. The Morgan fingerprint density at radius 3 is 2.87 bits per heavy atom. The van der Waals surface area contributed by atoms with Crippen molar-refractivity contribution in [2.75, 3.05) is 13.1 Å². The highest BCUT2D eigenvalue weighted by Crippen LogP contribution is 1.90. The van der Waals surface area contributed by atoms with Gasteiger partial charge in [-0.15, -0.1) is 0 Å². The predicted molar refractivity (Wildman–Crippen MR) is 58.1 cm³/mol. The molecule has 15 heavy (non-hydrogen) atoms. The van der Waals surface area contributed by atoms with E-state index in [2.05, 4.69) is 16.9 Å². The van der Waals surface area contributed by atoms with Gasteiger partial charge in [0.2, 0.25) is 0 Å². The third-order valence-corrected chi connectivity index (χ3v) is 1.76. The largest absolute Gasteiger partial charge is 0.480 e. The lowest BCUT2D eigenvalue weighted by molar-refractivity contribution is -0.461. The van der Waals surface area contributed by atoms with Gasteiger partial charge in [-0.2, -0.15) is 0 Å². The number of hydrogen-bond acceptors (Lipinski definition) is 2. The SMILES string of the molecule is C=CCNC(N)=[NH+]CCC[C@H](N)C(=O)O. The number of nitrogens with two attached hydrogens (primary N) is 2. The van der Waals surface area contributed by atoms with E-state index < -0.39 is 12.0 Å². The van der Waals surface area contributed by atoms with E-state index in [1.54, 1.807) is 6.08 Å². The number of aliphatic carboxylic acids is 1. The maximum absolute atomic E-state index is 10.4. The van der Waals surface area contributed by atoms with Gasteiger partial charge in [0.1, 0.15) is 6.04 Å². The summed E-state index contributed by atoms with van der Waals surface area (Å²) in [6, 6.07) is -0.797. The Hall–Kier alpha value is -1.56. The molecule has 0 radical (unpaired) electrons. The predicted octanol–water partition coefficient (Wildman–Crippen LogP) is -2.65. The Morgan fingerprint density at radius 1 is 1.67 bits per heavy atom. The van der Waals surface area contributed by atoms with Crippen LogP contribution in [-0.4, -0.2) is 36.2 Å². The van der Waals surface area contributed by atoms with E-state index in [4.69, 9.17) is 16.6 Å². The van der Waals surface area contributed by atoms with Crippen LogP contribution in [0.2, 0.25) is 0 Å². The summed E-state index contributed by atoms with van der Waals surface area (Å²) in [5, 5.41) is 11.4. The highest BCUT2D eigenvalue weighted by molar-refractivity contribution is 5.73. The molecule has 0 aliphatic heterocycles. The van der Waals surface area contributed by atoms with Crippen molar-refractivity contribution in [2.24, 2.45) is 11.5 Å². The van der Waals surface area contributed by atoms with Crippen molar-refractivity contribution in [2.45, 2.75) is 18.9 Å². The monoisotopic (exact) mass is 215 g/mol. The first-order chi connectivity index (χ1) is 7.07. The van der Waals surface area contributed by atoms with Crippen molar-refractivity contribution in [1.82, 2.24) is 5.32 Å². The van der Waals surface area contributed by atoms with Gasteiger partial charge >= 0.3 is 11.9 Å². The van der Waals surface area contributed by atoms with Gasteiger partial charge in [-0.1, -0.05) is 12.7 Å². The first kappa shape index (κ1) is 13.4. The first-order valence-electron chi connectivity index (χ1n) is 4.77. The Balaban J connectivity index is 3.59. The molecule has 0 saturated heterocycles. The van der Waals surface area contributed by atoms with E-state index >= 15 is 0 Å². The summed E-state index contributed by atoms with van der Waals surface area (Å²) < 4.78 is 0. The van der Waals surface area contributed by atoms with Crippen LogP contribution in [0.1, 0.15) is 12.8 Å². The molecule has 0 spiro atoms. The van der Waals surface area contributed by atoms with E-state index in [1.165, 1.54) is 0 Å². The lowest BCUT2D eigenvalue weighted by Gasteiger charge is -2.03. The molecule has 7 N–H and O–H groups in total. The number of carbonyl (C=O) groups is 1. The molecular weight excluding hydrogens is 196 g/mol. The van der Waals surface area contributed by atoms with Crippen molar-refractivity contribution >= 4 is 11.9 Å². The van der Waals surface area contributed by atoms with Crippen molar-refractivity contribution in [3.63, 3.8) is 0 Å².